The lowest BCUT2D eigenvalue weighted by Crippen LogP contribution is -2.33. The largest absolute Gasteiger partial charge is 0.237 e. The zero-order valence-corrected chi connectivity index (χ0v) is 15.8. The molecule has 138 valence electrons. The van der Waals surface area contributed by atoms with E-state index < -0.39 is 11.8 Å². The van der Waals surface area contributed by atoms with E-state index in [0.717, 1.165) is 44.1 Å². The maximum Gasteiger partial charge on any atom is 0.183 e. The summed E-state index contributed by atoms with van der Waals surface area (Å²) in [6.45, 7) is 4.26. The van der Waals surface area contributed by atoms with Crippen LogP contribution in [0.4, 0.5) is 8.78 Å². The van der Waals surface area contributed by atoms with Crippen LogP contribution < -0.4 is 0 Å². The second-order valence-corrected chi connectivity index (χ2v) is 6.77. The van der Waals surface area contributed by atoms with Gasteiger partial charge in [0.1, 0.15) is 0 Å². The quantitative estimate of drug-likeness (QED) is 0.291. The number of rotatable bonds is 7. The molecule has 2 rings (SSSR count). The molecule has 1 aromatic carbocycles. The molecule has 1 aliphatic rings. The molecule has 0 nitrogen and oxygen atoms in total. The normalized spacial score (nSPS) is 22.2. The predicted molar refractivity (Wildman–Crippen MR) is 107 cm³/mol. The Kier molecular flexibility index (Phi) is 7.85. The summed E-state index contributed by atoms with van der Waals surface area (Å²) < 4.78 is 29.6. The molecule has 0 amide bonds. The Morgan fingerprint density at radius 3 is 2.54 bits per heavy atom. The van der Waals surface area contributed by atoms with Gasteiger partial charge in [0.15, 0.2) is 11.8 Å². The third-order valence-electron chi connectivity index (χ3n) is 4.48. The Hall–Kier alpha value is -2.14. The highest BCUT2D eigenvalue weighted by Crippen LogP contribution is 2.32. The van der Waals surface area contributed by atoms with E-state index in [1.807, 2.05) is 24.3 Å². The van der Waals surface area contributed by atoms with Crippen molar-refractivity contribution in [2.24, 2.45) is 0 Å². The summed E-state index contributed by atoms with van der Waals surface area (Å²) in [6, 6.07) is 7.93. The van der Waals surface area contributed by atoms with Crippen LogP contribution in [0.1, 0.15) is 57.1 Å². The van der Waals surface area contributed by atoms with Gasteiger partial charge >= 0.3 is 0 Å². The minimum atomic E-state index is -2.10. The summed E-state index contributed by atoms with van der Waals surface area (Å²) in [6.07, 6.45) is 11.8. The molecule has 0 fully saturated rings. The van der Waals surface area contributed by atoms with Crippen molar-refractivity contribution in [2.45, 2.75) is 64.2 Å². The molecule has 0 bridgehead atoms. The molecular weight excluding hydrogens is 326 g/mol. The van der Waals surface area contributed by atoms with Crippen LogP contribution in [0.15, 0.2) is 60.2 Å². The summed E-state index contributed by atoms with van der Waals surface area (Å²) in [4.78, 5) is 0. The standard InChI is InChI=1S/C24H28F2/c1-3-5-6-7-8-18-24(26)19-9-11-22(23(24)25)17-16-21-14-12-20(10-4-2)13-15-21/h8-9,11-15,18-19,23H,3-7,10H2,1-2H3/b18-8+. The Morgan fingerprint density at radius 1 is 1.08 bits per heavy atom. The summed E-state index contributed by atoms with van der Waals surface area (Å²) >= 11 is 0. The number of allylic oxidation sites excluding steroid dienone is 6. The molecule has 1 aromatic rings. The van der Waals surface area contributed by atoms with E-state index in [1.165, 1.54) is 17.7 Å². The van der Waals surface area contributed by atoms with Crippen LogP contribution >= 0.6 is 0 Å². The number of benzene rings is 1. The van der Waals surface area contributed by atoms with Crippen LogP contribution in [0, 0.1) is 11.8 Å². The predicted octanol–water partition coefficient (Wildman–Crippen LogP) is 6.67. The lowest BCUT2D eigenvalue weighted by atomic mass is 9.88. The first-order chi connectivity index (χ1) is 12.6. The van der Waals surface area contributed by atoms with Crippen LogP contribution in [0.2, 0.25) is 0 Å². The molecule has 0 saturated carbocycles. The SMILES string of the molecule is CCCCC/C=C/C1(F)C=CC=C(C#Cc2ccc(CCC)cc2)C1F. The van der Waals surface area contributed by atoms with Crippen molar-refractivity contribution in [1.82, 2.24) is 0 Å². The number of aryl methyl sites for hydroxylation is 1. The molecule has 2 atom stereocenters. The van der Waals surface area contributed by atoms with E-state index in [9.17, 15) is 8.78 Å². The lowest BCUT2D eigenvalue weighted by molar-refractivity contribution is 0.167. The number of halogens is 2. The van der Waals surface area contributed by atoms with Gasteiger partial charge in [0, 0.05) is 11.1 Å². The molecule has 26 heavy (non-hydrogen) atoms. The van der Waals surface area contributed by atoms with Gasteiger partial charge in [0.05, 0.1) is 0 Å². The van der Waals surface area contributed by atoms with Gasteiger partial charge in [-0.25, -0.2) is 8.78 Å². The van der Waals surface area contributed by atoms with Crippen LogP contribution in [-0.2, 0) is 6.42 Å². The van der Waals surface area contributed by atoms with Gasteiger partial charge in [-0.2, -0.15) is 0 Å². The monoisotopic (exact) mass is 354 g/mol. The van der Waals surface area contributed by atoms with Gasteiger partial charge in [-0.1, -0.05) is 69.2 Å². The molecule has 0 N–H and O–H groups in total. The highest BCUT2D eigenvalue weighted by atomic mass is 19.2. The average Bonchev–Trinajstić information content (AvgIpc) is 2.64. The summed E-state index contributed by atoms with van der Waals surface area (Å²) in [7, 11) is 0. The number of hydrogen-bond donors (Lipinski definition) is 0. The van der Waals surface area contributed by atoms with E-state index in [-0.39, 0.29) is 5.57 Å². The van der Waals surface area contributed by atoms with Crippen LogP contribution in [0.5, 0.6) is 0 Å². The van der Waals surface area contributed by atoms with Gasteiger partial charge in [-0.05, 0) is 55.2 Å². The summed E-state index contributed by atoms with van der Waals surface area (Å²) in [5.41, 5.74) is 0.158. The fourth-order valence-corrected chi connectivity index (χ4v) is 2.92. The summed E-state index contributed by atoms with van der Waals surface area (Å²) in [5, 5.41) is 0. The van der Waals surface area contributed by atoms with Crippen molar-refractivity contribution in [1.29, 1.82) is 0 Å². The molecule has 0 aliphatic heterocycles. The zero-order valence-electron chi connectivity index (χ0n) is 15.8. The van der Waals surface area contributed by atoms with Crippen molar-refractivity contribution in [2.75, 3.05) is 0 Å². The fraction of sp³-hybridized carbons (Fsp3) is 0.417. The van der Waals surface area contributed by atoms with Gasteiger partial charge in [-0.3, -0.25) is 0 Å². The Morgan fingerprint density at radius 2 is 1.85 bits per heavy atom. The molecule has 2 unspecified atom stereocenters. The van der Waals surface area contributed by atoms with Crippen LogP contribution in [0.3, 0.4) is 0 Å². The third kappa shape index (κ3) is 5.70. The van der Waals surface area contributed by atoms with Gasteiger partial charge in [0.25, 0.3) is 0 Å². The highest BCUT2D eigenvalue weighted by molar-refractivity contribution is 5.48. The Labute approximate surface area is 156 Å². The minimum Gasteiger partial charge on any atom is -0.237 e. The fourth-order valence-electron chi connectivity index (χ4n) is 2.92. The van der Waals surface area contributed by atoms with E-state index in [4.69, 9.17) is 0 Å². The second kappa shape index (κ2) is 10.1. The maximum atomic E-state index is 14.9. The lowest BCUT2D eigenvalue weighted by Gasteiger charge is -2.25. The summed E-state index contributed by atoms with van der Waals surface area (Å²) in [5.74, 6) is 5.77. The minimum absolute atomic E-state index is 0.186. The maximum absolute atomic E-state index is 14.9. The zero-order chi connectivity index (χ0) is 18.8. The Balaban J connectivity index is 2.04. The molecule has 1 aliphatic carbocycles. The van der Waals surface area contributed by atoms with Crippen molar-refractivity contribution < 1.29 is 8.78 Å². The van der Waals surface area contributed by atoms with E-state index in [0.29, 0.717) is 0 Å². The number of alkyl halides is 2. The van der Waals surface area contributed by atoms with Crippen molar-refractivity contribution in [3.8, 4) is 11.8 Å². The van der Waals surface area contributed by atoms with E-state index >= 15 is 0 Å². The molecule has 0 heterocycles. The first-order valence-corrected chi connectivity index (χ1v) is 9.60. The topological polar surface area (TPSA) is 0 Å². The smallest absolute Gasteiger partial charge is 0.183 e. The average molecular weight is 354 g/mol. The molecule has 0 radical (unpaired) electrons. The van der Waals surface area contributed by atoms with E-state index in [1.54, 1.807) is 18.2 Å². The molecule has 0 aromatic heterocycles. The highest BCUT2D eigenvalue weighted by Gasteiger charge is 2.38. The van der Waals surface area contributed by atoms with Crippen molar-refractivity contribution in [3.63, 3.8) is 0 Å². The van der Waals surface area contributed by atoms with E-state index in [2.05, 4.69) is 25.7 Å². The Bertz CT molecular complexity index is 713. The van der Waals surface area contributed by atoms with Crippen molar-refractivity contribution >= 4 is 0 Å². The van der Waals surface area contributed by atoms with Crippen LogP contribution in [-0.4, -0.2) is 11.8 Å². The number of hydrogen-bond acceptors (Lipinski definition) is 0. The van der Waals surface area contributed by atoms with Gasteiger partial charge < -0.3 is 0 Å². The molecular formula is C24H28F2. The van der Waals surface area contributed by atoms with Gasteiger partial charge in [-0.15, -0.1) is 0 Å². The van der Waals surface area contributed by atoms with Crippen molar-refractivity contribution in [3.05, 3.63) is 71.3 Å². The third-order valence-corrected chi connectivity index (χ3v) is 4.48. The van der Waals surface area contributed by atoms with Crippen LogP contribution in [0.25, 0.3) is 0 Å². The first kappa shape index (κ1) is 20.2. The molecule has 0 spiro atoms. The second-order valence-electron chi connectivity index (χ2n) is 6.77. The molecule has 0 saturated heterocycles. The number of unbranched alkanes of at least 4 members (excludes halogenated alkanes) is 3. The first-order valence-electron chi connectivity index (χ1n) is 9.60. The molecule has 2 heteroatoms. The van der Waals surface area contributed by atoms with Gasteiger partial charge in [0.2, 0.25) is 0 Å².